The molecule has 0 bridgehead atoms. The second-order valence-electron chi connectivity index (χ2n) is 8.09. The Morgan fingerprint density at radius 1 is 1.10 bits per heavy atom. The number of carbonyl (C=O) groups is 1. The predicted octanol–water partition coefficient (Wildman–Crippen LogP) is 3.72. The third kappa shape index (κ3) is 3.31. The molecule has 2 aromatic heterocycles. The Morgan fingerprint density at radius 2 is 1.93 bits per heavy atom. The highest BCUT2D eigenvalue weighted by Gasteiger charge is 2.33. The number of ether oxygens (including phenoxy) is 1. The Labute approximate surface area is 170 Å². The summed E-state index contributed by atoms with van der Waals surface area (Å²) in [6, 6.07) is 10.2. The molecule has 0 radical (unpaired) electrons. The van der Waals surface area contributed by atoms with Gasteiger partial charge in [0.1, 0.15) is 11.5 Å². The van der Waals surface area contributed by atoms with E-state index in [1.807, 2.05) is 41.4 Å². The van der Waals surface area contributed by atoms with Crippen molar-refractivity contribution in [1.29, 1.82) is 0 Å². The van der Waals surface area contributed by atoms with E-state index in [2.05, 4.69) is 16.5 Å². The zero-order valence-corrected chi connectivity index (χ0v) is 16.8. The van der Waals surface area contributed by atoms with Gasteiger partial charge in [-0.05, 0) is 37.6 Å². The smallest absolute Gasteiger partial charge is 0.273 e. The van der Waals surface area contributed by atoms with Crippen LogP contribution in [-0.2, 0) is 4.74 Å². The topological polar surface area (TPSA) is 60.2 Å². The summed E-state index contributed by atoms with van der Waals surface area (Å²) in [6.45, 7) is 5.18. The Hall–Kier alpha value is -2.73. The molecule has 4 heterocycles. The maximum Gasteiger partial charge on any atom is 0.273 e. The van der Waals surface area contributed by atoms with Crippen molar-refractivity contribution in [3.05, 3.63) is 59.9 Å². The van der Waals surface area contributed by atoms with Gasteiger partial charge in [0.2, 0.25) is 0 Å². The van der Waals surface area contributed by atoms with Crippen LogP contribution >= 0.6 is 0 Å². The van der Waals surface area contributed by atoms with Crippen LogP contribution in [0.4, 0.5) is 0 Å². The fraction of sp³-hybridized carbons (Fsp3) is 0.435. The number of benzene rings is 1. The van der Waals surface area contributed by atoms with E-state index in [4.69, 9.17) is 9.72 Å². The fourth-order valence-corrected chi connectivity index (χ4v) is 4.77. The number of aromatic nitrogens is 3. The van der Waals surface area contributed by atoms with Gasteiger partial charge in [-0.2, -0.15) is 0 Å². The lowest BCUT2D eigenvalue weighted by molar-refractivity contribution is 0.0781. The number of nitrogens with zero attached hydrogens (tertiary/aromatic N) is 4. The lowest BCUT2D eigenvalue weighted by Crippen LogP contribution is -2.30. The quantitative estimate of drug-likeness (QED) is 0.684. The summed E-state index contributed by atoms with van der Waals surface area (Å²) in [4.78, 5) is 24.4. The van der Waals surface area contributed by atoms with Crippen LogP contribution in [-0.4, -0.2) is 51.6 Å². The van der Waals surface area contributed by atoms with Gasteiger partial charge in [-0.25, -0.2) is 4.98 Å². The normalized spacial score (nSPS) is 20.4. The standard InChI is InChI=1S/C23H26N4O2/c1-16-14-25-22(18-8-12-29-13-9-18)27(16)19-7-11-26(15-19)23(28)21-20-5-3-2-4-17(20)6-10-24-21/h2-6,10,14,18-19H,7-9,11-13,15H2,1H3. The van der Waals surface area contributed by atoms with Crippen molar-refractivity contribution < 1.29 is 9.53 Å². The van der Waals surface area contributed by atoms with E-state index in [0.717, 1.165) is 55.6 Å². The molecule has 2 aliphatic heterocycles. The summed E-state index contributed by atoms with van der Waals surface area (Å²) in [5.41, 5.74) is 1.73. The SMILES string of the molecule is Cc1cnc(C2CCOCC2)n1C1CCN(C(=O)c2nccc3ccccc23)C1. The van der Waals surface area contributed by atoms with Crippen molar-refractivity contribution in [2.24, 2.45) is 0 Å². The first kappa shape index (κ1) is 18.3. The first-order valence-corrected chi connectivity index (χ1v) is 10.5. The van der Waals surface area contributed by atoms with Gasteiger partial charge in [0.15, 0.2) is 0 Å². The minimum atomic E-state index is 0.0229. The molecule has 1 unspecified atom stereocenters. The molecule has 0 saturated carbocycles. The van der Waals surface area contributed by atoms with Gasteiger partial charge in [0, 0.05) is 55.7 Å². The lowest BCUT2D eigenvalue weighted by atomic mass is 9.99. The third-order valence-corrected chi connectivity index (χ3v) is 6.29. The van der Waals surface area contributed by atoms with E-state index >= 15 is 0 Å². The van der Waals surface area contributed by atoms with E-state index in [1.165, 1.54) is 5.69 Å². The summed E-state index contributed by atoms with van der Waals surface area (Å²) in [6.07, 6.45) is 6.69. The summed E-state index contributed by atoms with van der Waals surface area (Å²) in [5, 5.41) is 1.97. The number of rotatable bonds is 3. The van der Waals surface area contributed by atoms with Crippen molar-refractivity contribution >= 4 is 16.7 Å². The molecule has 6 heteroatoms. The summed E-state index contributed by atoms with van der Waals surface area (Å²) in [7, 11) is 0. The number of hydrogen-bond donors (Lipinski definition) is 0. The molecular weight excluding hydrogens is 364 g/mol. The summed E-state index contributed by atoms with van der Waals surface area (Å²) < 4.78 is 7.90. The lowest BCUT2D eigenvalue weighted by Gasteiger charge is -2.26. The first-order chi connectivity index (χ1) is 14.2. The molecule has 3 aromatic rings. The van der Waals surface area contributed by atoms with E-state index < -0.39 is 0 Å². The zero-order chi connectivity index (χ0) is 19.8. The molecule has 29 heavy (non-hydrogen) atoms. The third-order valence-electron chi connectivity index (χ3n) is 6.29. The van der Waals surface area contributed by atoms with Crippen LogP contribution in [0.3, 0.4) is 0 Å². The van der Waals surface area contributed by atoms with Gasteiger partial charge in [-0.3, -0.25) is 9.78 Å². The van der Waals surface area contributed by atoms with E-state index in [1.54, 1.807) is 6.20 Å². The number of carbonyl (C=O) groups excluding carboxylic acids is 1. The summed E-state index contributed by atoms with van der Waals surface area (Å²) >= 11 is 0. The molecule has 2 aliphatic rings. The fourth-order valence-electron chi connectivity index (χ4n) is 4.77. The Morgan fingerprint density at radius 3 is 2.79 bits per heavy atom. The molecule has 5 rings (SSSR count). The molecule has 0 aliphatic carbocycles. The minimum absolute atomic E-state index is 0.0229. The van der Waals surface area contributed by atoms with Gasteiger partial charge in [-0.1, -0.05) is 24.3 Å². The Bertz CT molecular complexity index is 1030. The first-order valence-electron chi connectivity index (χ1n) is 10.5. The van der Waals surface area contributed by atoms with Gasteiger partial charge >= 0.3 is 0 Å². The number of pyridine rings is 1. The maximum atomic E-state index is 13.3. The largest absolute Gasteiger partial charge is 0.381 e. The second-order valence-corrected chi connectivity index (χ2v) is 8.09. The number of imidazole rings is 1. The molecular formula is C23H26N4O2. The molecule has 150 valence electrons. The second kappa shape index (κ2) is 7.59. The summed E-state index contributed by atoms with van der Waals surface area (Å²) in [5.74, 6) is 1.63. The molecule has 1 aromatic carbocycles. The number of hydrogen-bond acceptors (Lipinski definition) is 4. The van der Waals surface area contributed by atoms with Crippen molar-refractivity contribution in [2.75, 3.05) is 26.3 Å². The van der Waals surface area contributed by atoms with Crippen LogP contribution in [0.5, 0.6) is 0 Å². The molecule has 0 N–H and O–H groups in total. The average Bonchev–Trinajstić information content (AvgIpc) is 3.40. The van der Waals surface area contributed by atoms with Gasteiger partial charge < -0.3 is 14.2 Å². The van der Waals surface area contributed by atoms with Gasteiger partial charge in [0.05, 0.1) is 6.04 Å². The number of likely N-dealkylation sites (tertiary alicyclic amines) is 1. The maximum absolute atomic E-state index is 13.3. The van der Waals surface area contributed by atoms with Crippen LogP contribution in [0.15, 0.2) is 42.7 Å². The molecule has 0 spiro atoms. The van der Waals surface area contributed by atoms with Crippen LogP contribution in [0, 0.1) is 6.92 Å². The van der Waals surface area contributed by atoms with Crippen molar-refractivity contribution in [1.82, 2.24) is 19.4 Å². The molecule has 1 atom stereocenters. The van der Waals surface area contributed by atoms with Crippen molar-refractivity contribution in [2.45, 2.75) is 38.1 Å². The molecule has 2 saturated heterocycles. The van der Waals surface area contributed by atoms with Crippen LogP contribution in [0.2, 0.25) is 0 Å². The minimum Gasteiger partial charge on any atom is -0.381 e. The van der Waals surface area contributed by atoms with Crippen LogP contribution < -0.4 is 0 Å². The Kier molecular flexibility index (Phi) is 4.79. The predicted molar refractivity (Wildman–Crippen MR) is 111 cm³/mol. The molecule has 1 amide bonds. The van der Waals surface area contributed by atoms with E-state index in [9.17, 15) is 4.79 Å². The monoisotopic (exact) mass is 390 g/mol. The van der Waals surface area contributed by atoms with Crippen LogP contribution in [0.1, 0.15) is 53.2 Å². The average molecular weight is 390 g/mol. The highest BCUT2D eigenvalue weighted by Crippen LogP contribution is 2.33. The number of amides is 1. The van der Waals surface area contributed by atoms with E-state index in [0.29, 0.717) is 18.2 Å². The van der Waals surface area contributed by atoms with Crippen molar-refractivity contribution in [3.63, 3.8) is 0 Å². The molecule has 6 nitrogen and oxygen atoms in total. The van der Waals surface area contributed by atoms with Gasteiger partial charge in [0.25, 0.3) is 5.91 Å². The Balaban J connectivity index is 1.39. The van der Waals surface area contributed by atoms with Crippen LogP contribution in [0.25, 0.3) is 10.8 Å². The number of aryl methyl sites for hydroxylation is 1. The highest BCUT2D eigenvalue weighted by molar-refractivity contribution is 6.05. The number of fused-ring (bicyclic) bond motifs is 1. The zero-order valence-electron chi connectivity index (χ0n) is 16.8. The van der Waals surface area contributed by atoms with Gasteiger partial charge in [-0.15, -0.1) is 0 Å². The highest BCUT2D eigenvalue weighted by atomic mass is 16.5. The molecule has 2 fully saturated rings. The van der Waals surface area contributed by atoms with Crippen molar-refractivity contribution in [3.8, 4) is 0 Å². The van der Waals surface area contributed by atoms with E-state index in [-0.39, 0.29) is 11.9 Å².